The summed E-state index contributed by atoms with van der Waals surface area (Å²) in [6.07, 6.45) is 0.630. The number of sulfonamides is 1. The Hall–Kier alpha value is -1.83. The molecule has 0 atom stereocenters. The maximum Gasteiger partial charge on any atom is 0.287 e. The molecule has 2 aromatic rings. The number of carbonyl (C=O) groups excluding carboxylic acids is 1. The van der Waals surface area contributed by atoms with Crippen molar-refractivity contribution in [1.29, 1.82) is 0 Å². The monoisotopic (exact) mass is 342 g/mol. The predicted molar refractivity (Wildman–Crippen MR) is 82.4 cm³/mol. The third-order valence-corrected chi connectivity index (χ3v) is 4.49. The fourth-order valence-corrected chi connectivity index (χ4v) is 2.52. The van der Waals surface area contributed by atoms with E-state index in [1.165, 1.54) is 19.2 Å². The zero-order valence-electron chi connectivity index (χ0n) is 11.8. The Morgan fingerprint density at radius 1 is 1.18 bits per heavy atom. The Balaban J connectivity index is 1.91. The second-order valence-corrected chi connectivity index (χ2v) is 6.71. The molecule has 1 amide bonds. The van der Waals surface area contributed by atoms with Gasteiger partial charge in [0.25, 0.3) is 15.9 Å². The minimum atomic E-state index is -3.69. The fourth-order valence-electron chi connectivity index (χ4n) is 1.75. The van der Waals surface area contributed by atoms with E-state index in [1.54, 1.807) is 12.1 Å². The van der Waals surface area contributed by atoms with Crippen LogP contribution in [0, 0.1) is 0 Å². The van der Waals surface area contributed by atoms with Gasteiger partial charge in [-0.25, -0.2) is 13.1 Å². The summed E-state index contributed by atoms with van der Waals surface area (Å²) >= 11 is 5.79. The number of halogens is 1. The lowest BCUT2D eigenvalue weighted by molar-refractivity contribution is 0.0921. The molecule has 0 radical (unpaired) electrons. The zero-order chi connectivity index (χ0) is 16.2. The zero-order valence-corrected chi connectivity index (χ0v) is 13.4. The van der Waals surface area contributed by atoms with Crippen molar-refractivity contribution in [2.45, 2.75) is 11.5 Å². The minimum Gasteiger partial charge on any atom is -0.438 e. The van der Waals surface area contributed by atoms with Crippen molar-refractivity contribution >= 4 is 27.5 Å². The Bertz CT molecular complexity index is 753. The molecule has 0 saturated carbocycles. The highest BCUT2D eigenvalue weighted by molar-refractivity contribution is 7.89. The van der Waals surface area contributed by atoms with Gasteiger partial charge in [0.15, 0.2) is 5.76 Å². The molecule has 0 unspecified atom stereocenters. The molecule has 118 valence electrons. The van der Waals surface area contributed by atoms with E-state index in [0.29, 0.717) is 18.0 Å². The van der Waals surface area contributed by atoms with E-state index in [1.807, 2.05) is 12.1 Å². The van der Waals surface area contributed by atoms with Crippen LogP contribution in [0.3, 0.4) is 0 Å². The van der Waals surface area contributed by atoms with Crippen molar-refractivity contribution in [3.8, 4) is 0 Å². The molecule has 0 bridgehead atoms. The van der Waals surface area contributed by atoms with Gasteiger partial charge in [0.1, 0.15) is 0 Å². The second kappa shape index (κ2) is 6.95. The molecule has 0 saturated heterocycles. The second-order valence-electron chi connectivity index (χ2n) is 4.46. The molecule has 2 rings (SSSR count). The highest BCUT2D eigenvalue weighted by Gasteiger charge is 2.19. The molecule has 0 aliphatic carbocycles. The van der Waals surface area contributed by atoms with Gasteiger partial charge in [0.2, 0.25) is 5.09 Å². The van der Waals surface area contributed by atoms with Crippen molar-refractivity contribution in [3.05, 3.63) is 52.7 Å². The van der Waals surface area contributed by atoms with Gasteiger partial charge in [0.05, 0.1) is 0 Å². The van der Waals surface area contributed by atoms with Crippen LogP contribution in [0.15, 0.2) is 45.9 Å². The molecular formula is C14H15ClN2O4S. The van der Waals surface area contributed by atoms with Crippen molar-refractivity contribution in [2.75, 3.05) is 13.6 Å². The van der Waals surface area contributed by atoms with Gasteiger partial charge in [-0.15, -0.1) is 0 Å². The lowest BCUT2D eigenvalue weighted by Gasteiger charge is -2.04. The molecular weight excluding hydrogens is 328 g/mol. The minimum absolute atomic E-state index is 0.0510. The lowest BCUT2D eigenvalue weighted by Crippen LogP contribution is -2.25. The smallest absolute Gasteiger partial charge is 0.287 e. The van der Waals surface area contributed by atoms with Crippen LogP contribution in [0.1, 0.15) is 16.1 Å². The van der Waals surface area contributed by atoms with Crippen LogP contribution < -0.4 is 10.0 Å². The molecule has 1 aromatic carbocycles. The van der Waals surface area contributed by atoms with E-state index in [0.717, 1.165) is 5.56 Å². The normalized spacial score (nSPS) is 11.4. The number of carbonyl (C=O) groups is 1. The summed E-state index contributed by atoms with van der Waals surface area (Å²) in [5.41, 5.74) is 1.03. The standard InChI is InChI=1S/C14H15ClN2O4S/c1-16-22(19,20)13-7-6-12(21-13)14(18)17-9-8-10-2-4-11(15)5-3-10/h2-7,16H,8-9H2,1H3,(H,17,18). The highest BCUT2D eigenvalue weighted by Crippen LogP contribution is 2.13. The first kappa shape index (κ1) is 16.5. The molecule has 0 spiro atoms. The van der Waals surface area contributed by atoms with E-state index < -0.39 is 15.9 Å². The summed E-state index contributed by atoms with van der Waals surface area (Å²) in [6.45, 7) is 0.398. The number of hydrogen-bond acceptors (Lipinski definition) is 4. The SMILES string of the molecule is CNS(=O)(=O)c1ccc(C(=O)NCCc2ccc(Cl)cc2)o1. The van der Waals surface area contributed by atoms with Gasteiger partial charge in [-0.05, 0) is 43.3 Å². The number of benzene rings is 1. The number of amides is 1. The molecule has 6 nitrogen and oxygen atoms in total. The van der Waals surface area contributed by atoms with Crippen LogP contribution >= 0.6 is 11.6 Å². The first-order chi connectivity index (χ1) is 10.4. The van der Waals surface area contributed by atoms with Crippen LogP contribution in [0.2, 0.25) is 5.02 Å². The average Bonchev–Trinajstić information content (AvgIpc) is 3.00. The van der Waals surface area contributed by atoms with E-state index >= 15 is 0 Å². The quantitative estimate of drug-likeness (QED) is 0.838. The maximum atomic E-state index is 11.9. The molecule has 8 heteroatoms. The maximum absolute atomic E-state index is 11.9. The summed E-state index contributed by atoms with van der Waals surface area (Å²) < 4.78 is 30.2. The predicted octanol–water partition coefficient (Wildman–Crippen LogP) is 1.81. The average molecular weight is 343 g/mol. The van der Waals surface area contributed by atoms with Gasteiger partial charge in [-0.3, -0.25) is 4.79 Å². The highest BCUT2D eigenvalue weighted by atomic mass is 35.5. The van der Waals surface area contributed by atoms with Crippen LogP contribution in [0.5, 0.6) is 0 Å². The van der Waals surface area contributed by atoms with Crippen molar-refractivity contribution in [1.82, 2.24) is 10.0 Å². The van der Waals surface area contributed by atoms with Gasteiger partial charge < -0.3 is 9.73 Å². The number of furan rings is 1. The van der Waals surface area contributed by atoms with E-state index in [4.69, 9.17) is 16.0 Å². The van der Waals surface area contributed by atoms with Crippen LogP contribution in [0.4, 0.5) is 0 Å². The molecule has 0 aliphatic rings. The number of nitrogens with one attached hydrogen (secondary N) is 2. The van der Waals surface area contributed by atoms with E-state index in [9.17, 15) is 13.2 Å². The fraction of sp³-hybridized carbons (Fsp3) is 0.214. The van der Waals surface area contributed by atoms with E-state index in [2.05, 4.69) is 10.0 Å². The Morgan fingerprint density at radius 2 is 1.86 bits per heavy atom. The van der Waals surface area contributed by atoms with Crippen LogP contribution in [-0.4, -0.2) is 27.9 Å². The van der Waals surface area contributed by atoms with Crippen molar-refractivity contribution in [3.63, 3.8) is 0 Å². The molecule has 0 aliphatic heterocycles. The van der Waals surface area contributed by atoms with Gasteiger partial charge >= 0.3 is 0 Å². The molecule has 22 heavy (non-hydrogen) atoms. The molecule has 0 fully saturated rings. The Kier molecular flexibility index (Phi) is 5.23. The topological polar surface area (TPSA) is 88.4 Å². The van der Waals surface area contributed by atoms with Crippen LogP contribution in [-0.2, 0) is 16.4 Å². The first-order valence-electron chi connectivity index (χ1n) is 6.48. The lowest BCUT2D eigenvalue weighted by atomic mass is 10.1. The van der Waals surface area contributed by atoms with Gasteiger partial charge in [-0.2, -0.15) is 0 Å². The van der Waals surface area contributed by atoms with Gasteiger partial charge in [-0.1, -0.05) is 23.7 Å². The molecule has 1 heterocycles. The summed E-state index contributed by atoms with van der Waals surface area (Å²) in [5, 5.41) is 3.02. The molecule has 1 aromatic heterocycles. The number of hydrogen-bond donors (Lipinski definition) is 2. The van der Waals surface area contributed by atoms with Gasteiger partial charge in [0, 0.05) is 11.6 Å². The van der Waals surface area contributed by atoms with E-state index in [-0.39, 0.29) is 10.9 Å². The van der Waals surface area contributed by atoms with Crippen molar-refractivity contribution in [2.24, 2.45) is 0 Å². The summed E-state index contributed by atoms with van der Waals surface area (Å²) in [5.74, 6) is -0.517. The molecule has 2 N–H and O–H groups in total. The third-order valence-electron chi connectivity index (χ3n) is 2.95. The Morgan fingerprint density at radius 3 is 2.50 bits per heavy atom. The first-order valence-corrected chi connectivity index (χ1v) is 8.34. The largest absolute Gasteiger partial charge is 0.438 e. The third kappa shape index (κ3) is 4.09. The summed E-state index contributed by atoms with van der Waals surface area (Å²) in [6, 6.07) is 9.86. The summed E-state index contributed by atoms with van der Waals surface area (Å²) in [4.78, 5) is 11.9. The van der Waals surface area contributed by atoms with Crippen molar-refractivity contribution < 1.29 is 17.6 Å². The summed E-state index contributed by atoms with van der Waals surface area (Å²) in [7, 11) is -2.42. The Labute approximate surface area is 133 Å². The number of rotatable bonds is 6. The van der Waals surface area contributed by atoms with Crippen LogP contribution in [0.25, 0.3) is 0 Å².